The largest absolute Gasteiger partial charge is 0.494 e. The number of anilines is 2. The number of benzene rings is 2. The number of hydrogen-bond acceptors (Lipinski definition) is 5. The maximum atomic E-state index is 12.9. The molecular formula is C17H15FN4O2S. The van der Waals surface area contributed by atoms with E-state index >= 15 is 0 Å². The van der Waals surface area contributed by atoms with Gasteiger partial charge < -0.3 is 10.1 Å². The molecule has 25 heavy (non-hydrogen) atoms. The second-order valence-corrected chi connectivity index (χ2v) is 5.93. The van der Waals surface area contributed by atoms with Crippen LogP contribution in [-0.4, -0.2) is 22.8 Å². The summed E-state index contributed by atoms with van der Waals surface area (Å²) >= 11 is 1.25. The van der Waals surface area contributed by atoms with Crippen molar-refractivity contribution in [2.45, 2.75) is 6.92 Å². The first-order chi connectivity index (χ1) is 12.1. The van der Waals surface area contributed by atoms with Gasteiger partial charge in [0.05, 0.1) is 6.61 Å². The van der Waals surface area contributed by atoms with Gasteiger partial charge in [0.25, 0.3) is 0 Å². The van der Waals surface area contributed by atoms with Crippen LogP contribution in [0.4, 0.5) is 20.0 Å². The van der Waals surface area contributed by atoms with Crippen LogP contribution in [0.2, 0.25) is 0 Å². The summed E-state index contributed by atoms with van der Waals surface area (Å²) in [6, 6.07) is 12.5. The van der Waals surface area contributed by atoms with Gasteiger partial charge in [-0.1, -0.05) is 11.3 Å². The van der Waals surface area contributed by atoms with E-state index in [0.29, 0.717) is 22.4 Å². The minimum Gasteiger partial charge on any atom is -0.494 e. The fourth-order valence-corrected chi connectivity index (χ4v) is 2.79. The molecule has 6 nitrogen and oxygen atoms in total. The van der Waals surface area contributed by atoms with Crippen molar-refractivity contribution >= 4 is 28.2 Å². The molecule has 1 heterocycles. The summed E-state index contributed by atoms with van der Waals surface area (Å²) in [7, 11) is 0. The zero-order valence-electron chi connectivity index (χ0n) is 13.3. The van der Waals surface area contributed by atoms with Crippen molar-refractivity contribution < 1.29 is 13.9 Å². The predicted octanol–water partition coefficient (Wildman–Crippen LogP) is 4.39. The Hall–Kier alpha value is -3.00. The Kier molecular flexibility index (Phi) is 5.20. The molecule has 0 unspecified atom stereocenters. The predicted molar refractivity (Wildman–Crippen MR) is 95.6 cm³/mol. The van der Waals surface area contributed by atoms with Gasteiger partial charge >= 0.3 is 6.03 Å². The third kappa shape index (κ3) is 4.51. The number of halogens is 1. The van der Waals surface area contributed by atoms with Gasteiger partial charge in [0.2, 0.25) is 5.13 Å². The van der Waals surface area contributed by atoms with Crippen LogP contribution in [0.15, 0.2) is 48.5 Å². The highest BCUT2D eigenvalue weighted by Gasteiger charge is 2.10. The standard InChI is InChI=1S/C17H15FN4O2S/c1-2-24-14-9-3-11(4-10-14)15-21-22-17(25-15)20-16(23)19-13-7-5-12(18)6-8-13/h3-10H,2H2,1H3,(H2,19,20,22,23). The number of carbonyl (C=O) groups is 1. The van der Waals surface area contributed by atoms with Crippen LogP contribution in [0.3, 0.4) is 0 Å². The second kappa shape index (κ2) is 7.71. The number of aromatic nitrogens is 2. The van der Waals surface area contributed by atoms with Gasteiger partial charge in [0.1, 0.15) is 16.6 Å². The van der Waals surface area contributed by atoms with Crippen molar-refractivity contribution in [3.05, 3.63) is 54.3 Å². The van der Waals surface area contributed by atoms with E-state index in [0.717, 1.165) is 11.3 Å². The van der Waals surface area contributed by atoms with Crippen molar-refractivity contribution in [1.29, 1.82) is 0 Å². The Labute approximate surface area is 147 Å². The van der Waals surface area contributed by atoms with Crippen LogP contribution >= 0.6 is 11.3 Å². The van der Waals surface area contributed by atoms with E-state index in [-0.39, 0.29) is 5.82 Å². The summed E-state index contributed by atoms with van der Waals surface area (Å²) in [4.78, 5) is 11.9. The Bertz CT molecular complexity index is 850. The average molecular weight is 358 g/mol. The third-order valence-electron chi connectivity index (χ3n) is 3.16. The van der Waals surface area contributed by atoms with Crippen LogP contribution in [0, 0.1) is 5.82 Å². The summed E-state index contributed by atoms with van der Waals surface area (Å²) in [5.41, 5.74) is 1.36. The van der Waals surface area contributed by atoms with Gasteiger partial charge in [0.15, 0.2) is 0 Å². The number of hydrogen-bond donors (Lipinski definition) is 2. The molecule has 0 radical (unpaired) electrons. The van der Waals surface area contributed by atoms with Crippen LogP contribution in [0.1, 0.15) is 6.92 Å². The average Bonchev–Trinajstić information content (AvgIpc) is 3.06. The molecule has 2 amide bonds. The molecule has 3 aromatic rings. The fourth-order valence-electron chi connectivity index (χ4n) is 2.04. The summed E-state index contributed by atoms with van der Waals surface area (Å²) in [5.74, 6) is 0.419. The van der Waals surface area contributed by atoms with Gasteiger partial charge in [-0.25, -0.2) is 9.18 Å². The van der Waals surface area contributed by atoms with Crippen LogP contribution < -0.4 is 15.4 Å². The van der Waals surface area contributed by atoms with E-state index in [1.165, 1.54) is 35.6 Å². The molecule has 3 rings (SSSR count). The lowest BCUT2D eigenvalue weighted by Gasteiger charge is -2.04. The van der Waals surface area contributed by atoms with Crippen molar-refractivity contribution in [3.63, 3.8) is 0 Å². The number of ether oxygens (including phenoxy) is 1. The molecule has 1 aromatic heterocycles. The Morgan fingerprint density at radius 3 is 2.48 bits per heavy atom. The molecule has 0 aliphatic rings. The monoisotopic (exact) mass is 358 g/mol. The van der Waals surface area contributed by atoms with Crippen molar-refractivity contribution in [2.75, 3.05) is 17.2 Å². The first-order valence-corrected chi connectivity index (χ1v) is 8.36. The first-order valence-electron chi connectivity index (χ1n) is 7.54. The molecule has 0 spiro atoms. The molecule has 0 saturated heterocycles. The Morgan fingerprint density at radius 1 is 1.08 bits per heavy atom. The maximum Gasteiger partial charge on any atom is 0.325 e. The second-order valence-electron chi connectivity index (χ2n) is 4.96. The maximum absolute atomic E-state index is 12.9. The summed E-state index contributed by atoms with van der Waals surface area (Å²) < 4.78 is 18.2. The number of amides is 2. The number of urea groups is 1. The van der Waals surface area contributed by atoms with Crippen LogP contribution in [0.25, 0.3) is 10.6 Å². The lowest BCUT2D eigenvalue weighted by atomic mass is 10.2. The molecule has 0 atom stereocenters. The topological polar surface area (TPSA) is 76.1 Å². The highest BCUT2D eigenvalue weighted by atomic mass is 32.1. The Morgan fingerprint density at radius 2 is 1.80 bits per heavy atom. The highest BCUT2D eigenvalue weighted by Crippen LogP contribution is 2.27. The summed E-state index contributed by atoms with van der Waals surface area (Å²) in [5, 5.41) is 14.3. The molecule has 0 aliphatic carbocycles. The van der Waals surface area contributed by atoms with E-state index in [1.54, 1.807) is 0 Å². The van der Waals surface area contributed by atoms with Crippen molar-refractivity contribution in [2.24, 2.45) is 0 Å². The molecule has 0 aliphatic heterocycles. The summed E-state index contributed by atoms with van der Waals surface area (Å²) in [6.45, 7) is 2.53. The number of nitrogens with zero attached hydrogens (tertiary/aromatic N) is 2. The van der Waals surface area contributed by atoms with Crippen molar-refractivity contribution in [1.82, 2.24) is 10.2 Å². The number of carbonyl (C=O) groups excluding carboxylic acids is 1. The molecule has 0 bridgehead atoms. The molecule has 128 valence electrons. The summed E-state index contributed by atoms with van der Waals surface area (Å²) in [6.07, 6.45) is 0. The van der Waals surface area contributed by atoms with Crippen LogP contribution in [0.5, 0.6) is 5.75 Å². The lowest BCUT2D eigenvalue weighted by molar-refractivity contribution is 0.262. The SMILES string of the molecule is CCOc1ccc(-c2nnc(NC(=O)Nc3ccc(F)cc3)s2)cc1. The van der Waals surface area contributed by atoms with E-state index in [9.17, 15) is 9.18 Å². The van der Waals surface area contributed by atoms with Crippen LogP contribution in [-0.2, 0) is 0 Å². The van der Waals surface area contributed by atoms with Gasteiger partial charge in [0, 0.05) is 11.3 Å². The molecular weight excluding hydrogens is 343 g/mol. The molecule has 0 saturated carbocycles. The fraction of sp³-hybridized carbons (Fsp3) is 0.118. The van der Waals surface area contributed by atoms with Gasteiger partial charge in [-0.3, -0.25) is 5.32 Å². The van der Waals surface area contributed by atoms with E-state index in [4.69, 9.17) is 4.74 Å². The minimum absolute atomic E-state index is 0.364. The Balaban J connectivity index is 1.62. The van der Waals surface area contributed by atoms with Gasteiger partial charge in [-0.2, -0.15) is 0 Å². The lowest BCUT2D eigenvalue weighted by Crippen LogP contribution is -2.19. The molecule has 8 heteroatoms. The van der Waals surface area contributed by atoms with E-state index in [2.05, 4.69) is 20.8 Å². The zero-order chi connectivity index (χ0) is 17.6. The van der Waals surface area contributed by atoms with Crippen molar-refractivity contribution in [3.8, 4) is 16.3 Å². The van der Waals surface area contributed by atoms with E-state index in [1.807, 2.05) is 31.2 Å². The number of rotatable bonds is 5. The molecule has 0 fully saturated rings. The smallest absolute Gasteiger partial charge is 0.325 e. The highest BCUT2D eigenvalue weighted by molar-refractivity contribution is 7.18. The van der Waals surface area contributed by atoms with Gasteiger partial charge in [-0.15, -0.1) is 10.2 Å². The normalized spacial score (nSPS) is 10.3. The quantitative estimate of drug-likeness (QED) is 0.709. The third-order valence-corrected chi connectivity index (χ3v) is 4.05. The number of nitrogens with one attached hydrogen (secondary N) is 2. The minimum atomic E-state index is -0.471. The zero-order valence-corrected chi connectivity index (χ0v) is 14.1. The van der Waals surface area contributed by atoms with Gasteiger partial charge in [-0.05, 0) is 55.5 Å². The molecule has 2 N–H and O–H groups in total. The van der Waals surface area contributed by atoms with E-state index < -0.39 is 6.03 Å². The first kappa shape index (κ1) is 16.8. The molecule has 2 aromatic carbocycles.